The van der Waals surface area contributed by atoms with Gasteiger partial charge in [-0.05, 0) is 22.9 Å². The van der Waals surface area contributed by atoms with Crippen LogP contribution in [0.3, 0.4) is 0 Å². The molecular formula is C12H13NO2S. The van der Waals surface area contributed by atoms with Gasteiger partial charge in [-0.1, -0.05) is 37.3 Å². The second-order valence-corrected chi connectivity index (χ2v) is 5.28. The molecule has 2 aromatic rings. The zero-order chi connectivity index (χ0) is 11.6. The molecule has 0 atom stereocenters. The minimum absolute atomic E-state index is 0.313. The molecule has 0 unspecified atom stereocenters. The zero-order valence-corrected chi connectivity index (χ0v) is 9.79. The van der Waals surface area contributed by atoms with E-state index in [-0.39, 0.29) is 0 Å². The van der Waals surface area contributed by atoms with Gasteiger partial charge in [0.2, 0.25) is 10.0 Å². The maximum absolute atomic E-state index is 11.8. The molecule has 0 radical (unpaired) electrons. The lowest BCUT2D eigenvalue weighted by molar-refractivity contribution is 0.584. The van der Waals surface area contributed by atoms with Gasteiger partial charge in [0, 0.05) is 6.54 Å². The molecule has 3 nitrogen and oxygen atoms in total. The summed E-state index contributed by atoms with van der Waals surface area (Å²) in [5.74, 6) is 0. The van der Waals surface area contributed by atoms with Crippen molar-refractivity contribution >= 4 is 20.8 Å². The van der Waals surface area contributed by atoms with Crippen molar-refractivity contribution in [2.75, 3.05) is 6.54 Å². The van der Waals surface area contributed by atoms with E-state index in [0.29, 0.717) is 11.4 Å². The minimum Gasteiger partial charge on any atom is -0.211 e. The third-order valence-corrected chi connectivity index (χ3v) is 3.91. The van der Waals surface area contributed by atoms with Crippen LogP contribution in [0, 0.1) is 0 Å². The topological polar surface area (TPSA) is 46.2 Å². The summed E-state index contributed by atoms with van der Waals surface area (Å²) < 4.78 is 26.0. The van der Waals surface area contributed by atoms with Crippen molar-refractivity contribution in [1.29, 1.82) is 0 Å². The summed E-state index contributed by atoms with van der Waals surface area (Å²) in [5, 5.41) is 1.97. The van der Waals surface area contributed by atoms with E-state index in [4.69, 9.17) is 0 Å². The molecule has 1 N–H and O–H groups in total. The molecule has 0 spiro atoms. The van der Waals surface area contributed by atoms with Gasteiger partial charge in [-0.15, -0.1) is 0 Å². The van der Waals surface area contributed by atoms with Crippen molar-refractivity contribution < 1.29 is 8.42 Å². The molecule has 0 saturated carbocycles. The molecule has 0 saturated heterocycles. The van der Waals surface area contributed by atoms with Crippen LogP contribution in [-0.4, -0.2) is 15.0 Å². The monoisotopic (exact) mass is 235 g/mol. The van der Waals surface area contributed by atoms with Crippen molar-refractivity contribution in [2.24, 2.45) is 0 Å². The van der Waals surface area contributed by atoms with Crippen LogP contribution in [0.2, 0.25) is 0 Å². The predicted octanol–water partition coefficient (Wildman–Crippen LogP) is 2.14. The van der Waals surface area contributed by atoms with Crippen molar-refractivity contribution in [3.8, 4) is 0 Å². The van der Waals surface area contributed by atoms with Gasteiger partial charge < -0.3 is 0 Å². The van der Waals surface area contributed by atoms with Gasteiger partial charge in [-0.3, -0.25) is 0 Å². The van der Waals surface area contributed by atoms with Crippen LogP contribution in [0.1, 0.15) is 6.92 Å². The molecular weight excluding hydrogens is 222 g/mol. The second-order valence-electron chi connectivity index (χ2n) is 3.51. The van der Waals surface area contributed by atoms with E-state index in [0.717, 1.165) is 10.8 Å². The summed E-state index contributed by atoms with van der Waals surface area (Å²) in [6.07, 6.45) is 0. The number of hydrogen-bond acceptors (Lipinski definition) is 2. The number of rotatable bonds is 3. The summed E-state index contributed by atoms with van der Waals surface area (Å²) in [5.41, 5.74) is 0. The zero-order valence-electron chi connectivity index (χ0n) is 8.97. The van der Waals surface area contributed by atoms with Crippen LogP contribution in [0.5, 0.6) is 0 Å². The predicted molar refractivity (Wildman–Crippen MR) is 64.8 cm³/mol. The Bertz CT molecular complexity index is 605. The standard InChI is InChI=1S/C12H13NO2S/c1-2-13-16(14,15)12-8-7-10-5-3-4-6-11(10)9-12/h3-9,13H,2H2,1H3. The highest BCUT2D eigenvalue weighted by Gasteiger charge is 2.12. The quantitative estimate of drug-likeness (QED) is 0.886. The molecule has 0 aliphatic rings. The third kappa shape index (κ3) is 2.08. The number of benzene rings is 2. The first-order chi connectivity index (χ1) is 7.63. The molecule has 4 heteroatoms. The van der Waals surface area contributed by atoms with E-state index in [1.54, 1.807) is 19.1 Å². The Morgan fingerprint density at radius 2 is 1.75 bits per heavy atom. The van der Waals surface area contributed by atoms with Crippen LogP contribution in [0.25, 0.3) is 10.8 Å². The highest BCUT2D eigenvalue weighted by atomic mass is 32.2. The Kier molecular flexibility index (Phi) is 2.94. The van der Waals surface area contributed by atoms with Crippen LogP contribution in [0.4, 0.5) is 0 Å². The first-order valence-corrected chi connectivity index (χ1v) is 6.60. The SMILES string of the molecule is CCNS(=O)(=O)c1ccc2ccccc2c1. The molecule has 0 aliphatic carbocycles. The Morgan fingerprint density at radius 3 is 2.44 bits per heavy atom. The Hall–Kier alpha value is -1.39. The molecule has 84 valence electrons. The largest absolute Gasteiger partial charge is 0.240 e. The molecule has 2 aromatic carbocycles. The van der Waals surface area contributed by atoms with E-state index in [1.165, 1.54) is 0 Å². The number of fused-ring (bicyclic) bond motifs is 1. The fourth-order valence-corrected chi connectivity index (χ4v) is 2.68. The number of nitrogens with one attached hydrogen (secondary N) is 1. The average Bonchev–Trinajstić information content (AvgIpc) is 2.28. The lowest BCUT2D eigenvalue weighted by atomic mass is 10.1. The molecule has 0 heterocycles. The van der Waals surface area contributed by atoms with E-state index >= 15 is 0 Å². The Labute approximate surface area is 95.2 Å². The van der Waals surface area contributed by atoms with E-state index in [9.17, 15) is 8.42 Å². The van der Waals surface area contributed by atoms with Gasteiger partial charge in [-0.2, -0.15) is 0 Å². The molecule has 0 aromatic heterocycles. The first kappa shape index (κ1) is 11.1. The van der Waals surface area contributed by atoms with Crippen molar-refractivity contribution in [3.63, 3.8) is 0 Å². The fourth-order valence-electron chi connectivity index (χ4n) is 1.61. The maximum Gasteiger partial charge on any atom is 0.240 e. The summed E-state index contributed by atoms with van der Waals surface area (Å²) >= 11 is 0. The third-order valence-electron chi connectivity index (χ3n) is 2.37. The fraction of sp³-hybridized carbons (Fsp3) is 0.167. The van der Waals surface area contributed by atoms with Gasteiger partial charge in [-0.25, -0.2) is 13.1 Å². The summed E-state index contributed by atoms with van der Waals surface area (Å²) in [6.45, 7) is 2.16. The smallest absolute Gasteiger partial charge is 0.211 e. The van der Waals surface area contributed by atoms with Crippen LogP contribution in [0.15, 0.2) is 47.4 Å². The molecule has 0 amide bonds. The normalized spacial score (nSPS) is 11.8. The van der Waals surface area contributed by atoms with E-state index in [2.05, 4.69) is 4.72 Å². The first-order valence-electron chi connectivity index (χ1n) is 5.12. The van der Waals surface area contributed by atoms with Crippen LogP contribution >= 0.6 is 0 Å². The van der Waals surface area contributed by atoms with E-state index < -0.39 is 10.0 Å². The van der Waals surface area contributed by atoms with Crippen LogP contribution in [-0.2, 0) is 10.0 Å². The van der Waals surface area contributed by atoms with Gasteiger partial charge >= 0.3 is 0 Å². The van der Waals surface area contributed by atoms with Gasteiger partial charge in [0.15, 0.2) is 0 Å². The Morgan fingerprint density at radius 1 is 1.06 bits per heavy atom. The van der Waals surface area contributed by atoms with Crippen molar-refractivity contribution in [2.45, 2.75) is 11.8 Å². The highest BCUT2D eigenvalue weighted by Crippen LogP contribution is 2.18. The van der Waals surface area contributed by atoms with Gasteiger partial charge in [0.25, 0.3) is 0 Å². The van der Waals surface area contributed by atoms with Crippen LogP contribution < -0.4 is 4.72 Å². The second kappa shape index (κ2) is 4.23. The summed E-state index contributed by atoms with van der Waals surface area (Å²) in [7, 11) is -3.35. The molecule has 16 heavy (non-hydrogen) atoms. The lowest BCUT2D eigenvalue weighted by Crippen LogP contribution is -2.22. The van der Waals surface area contributed by atoms with Crippen molar-refractivity contribution in [3.05, 3.63) is 42.5 Å². The molecule has 2 rings (SSSR count). The molecule has 0 aliphatic heterocycles. The summed E-state index contributed by atoms with van der Waals surface area (Å²) in [6, 6.07) is 12.8. The minimum atomic E-state index is -3.35. The van der Waals surface area contributed by atoms with E-state index in [1.807, 2.05) is 30.3 Å². The molecule has 0 fully saturated rings. The highest BCUT2D eigenvalue weighted by molar-refractivity contribution is 7.89. The van der Waals surface area contributed by atoms with Gasteiger partial charge in [0.05, 0.1) is 4.90 Å². The summed E-state index contributed by atoms with van der Waals surface area (Å²) in [4.78, 5) is 0.313. The number of hydrogen-bond donors (Lipinski definition) is 1. The number of sulfonamides is 1. The van der Waals surface area contributed by atoms with Gasteiger partial charge in [0.1, 0.15) is 0 Å². The lowest BCUT2D eigenvalue weighted by Gasteiger charge is -2.05. The average molecular weight is 235 g/mol. The Balaban J connectivity index is 2.55. The maximum atomic E-state index is 11.8. The van der Waals surface area contributed by atoms with Crippen molar-refractivity contribution in [1.82, 2.24) is 4.72 Å². The molecule has 0 bridgehead atoms.